The maximum absolute atomic E-state index is 11.8. The van der Waals surface area contributed by atoms with Crippen molar-refractivity contribution in [3.63, 3.8) is 0 Å². The Hall–Kier alpha value is -1.49. The Bertz CT molecular complexity index is 498. The van der Waals surface area contributed by atoms with E-state index >= 15 is 0 Å². The predicted octanol–water partition coefficient (Wildman–Crippen LogP) is 4.81. The molecule has 0 aromatic heterocycles. The maximum Gasteiger partial charge on any atom is 0.346 e. The molecule has 0 spiro atoms. The third-order valence-electron chi connectivity index (χ3n) is 4.49. The highest BCUT2D eigenvalue weighted by atomic mass is 16.5. The van der Waals surface area contributed by atoms with Crippen LogP contribution in [0.2, 0.25) is 0 Å². The number of esters is 1. The number of carbonyl (C=O) groups is 1. The van der Waals surface area contributed by atoms with E-state index in [1.54, 1.807) is 6.92 Å². The standard InChI is InChI=1S/C19H28O2/c1-7-16(18(20)21-8-2)14(3)11-12-17-15(4)10-9-13-19(17,5)6/h1H,8-13H2,2-6H3/b16-14-. The third kappa shape index (κ3) is 4.49. The van der Waals surface area contributed by atoms with Crippen molar-refractivity contribution >= 4 is 5.97 Å². The molecule has 21 heavy (non-hydrogen) atoms. The molecule has 0 radical (unpaired) electrons. The Morgan fingerprint density at radius 2 is 2.10 bits per heavy atom. The van der Waals surface area contributed by atoms with Gasteiger partial charge in [0.25, 0.3) is 0 Å². The van der Waals surface area contributed by atoms with Crippen LogP contribution >= 0.6 is 0 Å². The molecule has 0 saturated heterocycles. The fourth-order valence-corrected chi connectivity index (χ4v) is 3.22. The lowest BCUT2D eigenvalue weighted by molar-refractivity contribution is -0.138. The van der Waals surface area contributed by atoms with Crippen molar-refractivity contribution < 1.29 is 9.53 Å². The normalized spacial score (nSPS) is 18.9. The molecule has 0 amide bonds. The maximum atomic E-state index is 11.8. The van der Waals surface area contributed by atoms with Gasteiger partial charge in [-0.15, -0.1) is 6.42 Å². The van der Waals surface area contributed by atoms with Gasteiger partial charge < -0.3 is 4.74 Å². The van der Waals surface area contributed by atoms with Crippen molar-refractivity contribution in [2.75, 3.05) is 6.61 Å². The van der Waals surface area contributed by atoms with Crippen LogP contribution in [0.25, 0.3) is 0 Å². The summed E-state index contributed by atoms with van der Waals surface area (Å²) >= 11 is 0. The van der Waals surface area contributed by atoms with Crippen molar-refractivity contribution in [2.24, 2.45) is 5.41 Å². The average molecular weight is 288 g/mol. The fourth-order valence-electron chi connectivity index (χ4n) is 3.22. The molecule has 1 rings (SSSR count). The monoisotopic (exact) mass is 288 g/mol. The van der Waals surface area contributed by atoms with E-state index in [9.17, 15) is 4.79 Å². The van der Waals surface area contributed by atoms with Gasteiger partial charge in [-0.1, -0.05) is 30.9 Å². The molecule has 0 saturated carbocycles. The summed E-state index contributed by atoms with van der Waals surface area (Å²) in [5.74, 6) is 2.13. The van der Waals surface area contributed by atoms with E-state index in [2.05, 4.69) is 26.7 Å². The van der Waals surface area contributed by atoms with Crippen LogP contribution in [0.3, 0.4) is 0 Å². The second-order valence-corrected chi connectivity index (χ2v) is 6.52. The lowest BCUT2D eigenvalue weighted by Crippen LogP contribution is -2.20. The summed E-state index contributed by atoms with van der Waals surface area (Å²) in [7, 11) is 0. The number of rotatable bonds is 5. The van der Waals surface area contributed by atoms with Crippen LogP contribution in [-0.4, -0.2) is 12.6 Å². The van der Waals surface area contributed by atoms with Gasteiger partial charge in [-0.25, -0.2) is 4.79 Å². The van der Waals surface area contributed by atoms with Gasteiger partial charge in [0.1, 0.15) is 5.57 Å². The summed E-state index contributed by atoms with van der Waals surface area (Å²) in [6.45, 7) is 11.0. The van der Waals surface area contributed by atoms with E-state index in [4.69, 9.17) is 11.2 Å². The molecule has 0 aromatic carbocycles. The predicted molar refractivity (Wildman–Crippen MR) is 87.7 cm³/mol. The summed E-state index contributed by atoms with van der Waals surface area (Å²) in [5, 5.41) is 0. The lowest BCUT2D eigenvalue weighted by atomic mass is 9.71. The molecule has 2 heteroatoms. The van der Waals surface area contributed by atoms with Gasteiger partial charge in [0.2, 0.25) is 0 Å². The average Bonchev–Trinajstić information content (AvgIpc) is 2.38. The minimum atomic E-state index is -0.369. The number of carbonyl (C=O) groups excluding carboxylic acids is 1. The molecular formula is C19H28O2. The molecule has 0 aliphatic heterocycles. The van der Waals surface area contributed by atoms with Crippen LogP contribution in [0, 0.1) is 17.8 Å². The Kier molecular flexibility index (Phi) is 6.27. The first kappa shape index (κ1) is 17.6. The number of terminal acetylenes is 1. The molecule has 0 N–H and O–H groups in total. The molecule has 0 unspecified atom stereocenters. The summed E-state index contributed by atoms with van der Waals surface area (Å²) in [6, 6.07) is 0. The van der Waals surface area contributed by atoms with Crippen molar-refractivity contribution in [1.82, 2.24) is 0 Å². The zero-order valence-electron chi connectivity index (χ0n) is 14.1. The highest BCUT2D eigenvalue weighted by molar-refractivity contribution is 5.94. The van der Waals surface area contributed by atoms with E-state index in [0.717, 1.165) is 18.4 Å². The van der Waals surface area contributed by atoms with Crippen molar-refractivity contribution in [2.45, 2.75) is 66.7 Å². The van der Waals surface area contributed by atoms with Gasteiger partial charge >= 0.3 is 5.97 Å². The van der Waals surface area contributed by atoms with E-state index < -0.39 is 0 Å². The quantitative estimate of drug-likeness (QED) is 0.314. The number of ether oxygens (including phenoxy) is 1. The molecular weight excluding hydrogens is 260 g/mol. The van der Waals surface area contributed by atoms with Crippen LogP contribution in [0.15, 0.2) is 22.3 Å². The fraction of sp³-hybridized carbons (Fsp3) is 0.632. The topological polar surface area (TPSA) is 26.3 Å². The van der Waals surface area contributed by atoms with Gasteiger partial charge in [-0.3, -0.25) is 0 Å². The summed E-state index contributed by atoms with van der Waals surface area (Å²) in [5.41, 5.74) is 4.66. The van der Waals surface area contributed by atoms with Gasteiger partial charge in [0.05, 0.1) is 6.61 Å². The number of hydrogen-bond acceptors (Lipinski definition) is 2. The smallest absolute Gasteiger partial charge is 0.346 e. The van der Waals surface area contributed by atoms with E-state index in [1.807, 2.05) is 6.92 Å². The molecule has 0 bridgehead atoms. The molecule has 2 nitrogen and oxygen atoms in total. The third-order valence-corrected chi connectivity index (χ3v) is 4.49. The lowest BCUT2D eigenvalue weighted by Gasteiger charge is -2.35. The highest BCUT2D eigenvalue weighted by Gasteiger charge is 2.28. The zero-order chi connectivity index (χ0) is 16.0. The van der Waals surface area contributed by atoms with Crippen LogP contribution in [0.1, 0.15) is 66.7 Å². The van der Waals surface area contributed by atoms with Gasteiger partial charge in [0.15, 0.2) is 0 Å². The molecule has 0 fully saturated rings. The molecule has 0 aromatic rings. The van der Waals surface area contributed by atoms with Crippen LogP contribution in [0.4, 0.5) is 0 Å². The zero-order valence-corrected chi connectivity index (χ0v) is 14.1. The first-order valence-electron chi connectivity index (χ1n) is 7.86. The Morgan fingerprint density at radius 1 is 1.43 bits per heavy atom. The molecule has 1 aliphatic rings. The number of allylic oxidation sites excluding steroid dienone is 3. The molecule has 1 aliphatic carbocycles. The molecule has 0 heterocycles. The van der Waals surface area contributed by atoms with Crippen molar-refractivity contribution in [3.8, 4) is 12.3 Å². The minimum absolute atomic E-state index is 0.267. The van der Waals surface area contributed by atoms with Gasteiger partial charge in [-0.05, 0) is 63.9 Å². The number of hydrogen-bond donors (Lipinski definition) is 0. The first-order valence-corrected chi connectivity index (χ1v) is 7.86. The molecule has 0 atom stereocenters. The Morgan fingerprint density at radius 3 is 2.62 bits per heavy atom. The summed E-state index contributed by atoms with van der Waals surface area (Å²) in [6.07, 6.45) is 11.0. The minimum Gasteiger partial charge on any atom is -0.462 e. The van der Waals surface area contributed by atoms with Crippen LogP contribution < -0.4 is 0 Å². The SMILES string of the molecule is C#C/C(C(=O)OCC)=C(\C)CCC1=C(C)CCCC1(C)C. The van der Waals surface area contributed by atoms with Crippen molar-refractivity contribution in [3.05, 3.63) is 22.3 Å². The molecule has 116 valence electrons. The second-order valence-electron chi connectivity index (χ2n) is 6.52. The second kappa shape index (κ2) is 7.50. The Labute approximate surface area is 129 Å². The largest absolute Gasteiger partial charge is 0.462 e. The van der Waals surface area contributed by atoms with Crippen molar-refractivity contribution in [1.29, 1.82) is 0 Å². The van der Waals surface area contributed by atoms with E-state index in [1.165, 1.54) is 30.4 Å². The van der Waals surface area contributed by atoms with E-state index in [-0.39, 0.29) is 11.4 Å². The van der Waals surface area contributed by atoms with Gasteiger partial charge in [-0.2, -0.15) is 0 Å². The summed E-state index contributed by atoms with van der Waals surface area (Å²) in [4.78, 5) is 11.8. The Balaban J connectivity index is 2.86. The first-order chi connectivity index (χ1) is 9.83. The summed E-state index contributed by atoms with van der Waals surface area (Å²) < 4.78 is 5.02. The van der Waals surface area contributed by atoms with Gasteiger partial charge in [0, 0.05) is 0 Å². The highest BCUT2D eigenvalue weighted by Crippen LogP contribution is 2.42. The van der Waals surface area contributed by atoms with Crippen LogP contribution in [0.5, 0.6) is 0 Å². The van der Waals surface area contributed by atoms with Crippen LogP contribution in [-0.2, 0) is 9.53 Å². The van der Waals surface area contributed by atoms with E-state index in [0.29, 0.717) is 12.2 Å².